The third-order valence-corrected chi connectivity index (χ3v) is 5.50. The minimum atomic E-state index is 0.732. The van der Waals surface area contributed by atoms with Crippen molar-refractivity contribution in [2.24, 2.45) is 0 Å². The van der Waals surface area contributed by atoms with Crippen molar-refractivity contribution in [3.8, 4) is 5.75 Å². The summed E-state index contributed by atoms with van der Waals surface area (Å²) < 4.78 is 5.36. The van der Waals surface area contributed by atoms with Crippen LogP contribution in [0.2, 0.25) is 0 Å². The standard InChI is InChI=1S/C22H22N6O/c1-13-14(2)24-22(28-11-15-4-6-19(29-3)9-17(15)12-28)26-21(13)25-18-5-7-20-16(8-18)10-23-27-20/h4-10H,11-12H2,1-3H3,(H,23,27)(H,24,25,26). The predicted molar refractivity (Wildman–Crippen MR) is 114 cm³/mol. The van der Waals surface area contributed by atoms with Crippen LogP contribution < -0.4 is 15.0 Å². The molecule has 0 spiro atoms. The summed E-state index contributed by atoms with van der Waals surface area (Å²) in [4.78, 5) is 11.8. The Kier molecular flexibility index (Phi) is 4.08. The van der Waals surface area contributed by atoms with Gasteiger partial charge in [0.05, 0.1) is 18.8 Å². The van der Waals surface area contributed by atoms with Crippen molar-refractivity contribution in [3.63, 3.8) is 0 Å². The van der Waals surface area contributed by atoms with Crippen LogP contribution in [0.25, 0.3) is 10.9 Å². The Labute approximate surface area is 168 Å². The highest BCUT2D eigenvalue weighted by Gasteiger charge is 2.23. The number of methoxy groups -OCH3 is 1. The quantitative estimate of drug-likeness (QED) is 0.546. The molecule has 0 saturated carbocycles. The van der Waals surface area contributed by atoms with E-state index in [2.05, 4.69) is 38.6 Å². The van der Waals surface area contributed by atoms with Gasteiger partial charge in [-0.15, -0.1) is 0 Å². The van der Waals surface area contributed by atoms with Crippen molar-refractivity contribution in [2.75, 3.05) is 17.3 Å². The highest BCUT2D eigenvalue weighted by atomic mass is 16.5. The molecule has 0 unspecified atom stereocenters. The van der Waals surface area contributed by atoms with E-state index in [1.807, 2.05) is 38.2 Å². The van der Waals surface area contributed by atoms with Crippen molar-refractivity contribution in [2.45, 2.75) is 26.9 Å². The molecule has 3 heterocycles. The molecule has 2 N–H and O–H groups in total. The van der Waals surface area contributed by atoms with Crippen LogP contribution in [0.3, 0.4) is 0 Å². The second kappa shape index (κ2) is 6.77. The van der Waals surface area contributed by atoms with Crippen LogP contribution >= 0.6 is 0 Å². The van der Waals surface area contributed by atoms with Gasteiger partial charge in [0, 0.05) is 35.4 Å². The minimum Gasteiger partial charge on any atom is -0.497 e. The third kappa shape index (κ3) is 3.14. The highest BCUT2D eigenvalue weighted by molar-refractivity contribution is 5.82. The number of rotatable bonds is 4. The molecule has 2 aromatic carbocycles. The van der Waals surface area contributed by atoms with E-state index in [0.29, 0.717) is 0 Å². The van der Waals surface area contributed by atoms with Crippen molar-refractivity contribution < 1.29 is 4.74 Å². The van der Waals surface area contributed by atoms with Crippen LogP contribution in [0, 0.1) is 13.8 Å². The third-order valence-electron chi connectivity index (χ3n) is 5.50. The molecule has 1 aliphatic heterocycles. The normalized spacial score (nSPS) is 13.0. The monoisotopic (exact) mass is 386 g/mol. The van der Waals surface area contributed by atoms with E-state index in [-0.39, 0.29) is 0 Å². The van der Waals surface area contributed by atoms with E-state index in [4.69, 9.17) is 14.7 Å². The van der Waals surface area contributed by atoms with E-state index in [1.54, 1.807) is 7.11 Å². The summed E-state index contributed by atoms with van der Waals surface area (Å²) in [6.45, 7) is 5.64. The molecule has 7 heteroatoms. The Morgan fingerprint density at radius 2 is 1.90 bits per heavy atom. The summed E-state index contributed by atoms with van der Waals surface area (Å²) in [5, 5.41) is 11.6. The number of aromatic nitrogens is 4. The molecule has 29 heavy (non-hydrogen) atoms. The lowest BCUT2D eigenvalue weighted by atomic mass is 10.1. The lowest BCUT2D eigenvalue weighted by Gasteiger charge is -2.19. The molecule has 0 aliphatic carbocycles. The molecule has 7 nitrogen and oxygen atoms in total. The highest BCUT2D eigenvalue weighted by Crippen LogP contribution is 2.31. The Hall–Kier alpha value is -3.61. The summed E-state index contributed by atoms with van der Waals surface area (Å²) >= 11 is 0. The van der Waals surface area contributed by atoms with Crippen LogP contribution in [0.15, 0.2) is 42.6 Å². The summed E-state index contributed by atoms with van der Waals surface area (Å²) in [5.41, 5.74) is 6.53. The van der Waals surface area contributed by atoms with Gasteiger partial charge in [-0.3, -0.25) is 5.10 Å². The summed E-state index contributed by atoms with van der Waals surface area (Å²) in [6, 6.07) is 12.3. The van der Waals surface area contributed by atoms with E-state index < -0.39 is 0 Å². The molecule has 1 aliphatic rings. The number of aromatic amines is 1. The summed E-state index contributed by atoms with van der Waals surface area (Å²) in [7, 11) is 1.69. The molecule has 5 rings (SSSR count). The maximum atomic E-state index is 5.36. The SMILES string of the molecule is COc1ccc2c(c1)CN(c1nc(C)c(C)c(Nc3ccc4[nH]ncc4c3)n1)C2. The molecular formula is C22H22N6O. The van der Waals surface area contributed by atoms with Gasteiger partial charge in [0.15, 0.2) is 0 Å². The number of aryl methyl sites for hydroxylation is 1. The van der Waals surface area contributed by atoms with Crippen LogP contribution in [-0.4, -0.2) is 27.3 Å². The molecule has 0 radical (unpaired) electrons. The molecule has 4 aromatic rings. The topological polar surface area (TPSA) is 79.0 Å². The van der Waals surface area contributed by atoms with Crippen molar-refractivity contribution in [1.29, 1.82) is 0 Å². The van der Waals surface area contributed by atoms with Gasteiger partial charge < -0.3 is 15.0 Å². The number of nitrogens with one attached hydrogen (secondary N) is 2. The number of hydrogen-bond donors (Lipinski definition) is 2. The predicted octanol–water partition coefficient (Wildman–Crippen LogP) is 4.24. The zero-order valence-corrected chi connectivity index (χ0v) is 16.7. The van der Waals surface area contributed by atoms with Crippen molar-refractivity contribution >= 4 is 28.4 Å². The Morgan fingerprint density at radius 1 is 1.03 bits per heavy atom. The maximum absolute atomic E-state index is 5.36. The summed E-state index contributed by atoms with van der Waals surface area (Å²) in [5.74, 6) is 2.43. The van der Waals surface area contributed by atoms with Crippen LogP contribution in [0.4, 0.5) is 17.5 Å². The van der Waals surface area contributed by atoms with Crippen molar-refractivity contribution in [3.05, 3.63) is 65.0 Å². The summed E-state index contributed by atoms with van der Waals surface area (Å²) in [6.07, 6.45) is 1.82. The van der Waals surface area contributed by atoms with Gasteiger partial charge in [0.25, 0.3) is 0 Å². The van der Waals surface area contributed by atoms with Gasteiger partial charge in [0.1, 0.15) is 11.6 Å². The van der Waals surface area contributed by atoms with Crippen LogP contribution in [-0.2, 0) is 13.1 Å². The smallest absolute Gasteiger partial charge is 0.228 e. The fraction of sp³-hybridized carbons (Fsp3) is 0.227. The number of nitrogens with zero attached hydrogens (tertiary/aromatic N) is 4. The van der Waals surface area contributed by atoms with Crippen LogP contribution in [0.1, 0.15) is 22.4 Å². The van der Waals surface area contributed by atoms with Gasteiger partial charge in [-0.2, -0.15) is 10.1 Å². The zero-order valence-electron chi connectivity index (χ0n) is 16.7. The number of anilines is 3. The molecule has 146 valence electrons. The first-order valence-corrected chi connectivity index (χ1v) is 9.57. The molecular weight excluding hydrogens is 364 g/mol. The molecule has 0 fully saturated rings. The minimum absolute atomic E-state index is 0.732. The Balaban J connectivity index is 1.45. The second-order valence-corrected chi connectivity index (χ2v) is 7.37. The van der Waals surface area contributed by atoms with Crippen LogP contribution in [0.5, 0.6) is 5.75 Å². The van der Waals surface area contributed by atoms with E-state index >= 15 is 0 Å². The maximum Gasteiger partial charge on any atom is 0.228 e. The first-order chi connectivity index (χ1) is 14.1. The first kappa shape index (κ1) is 17.5. The number of H-pyrrole nitrogens is 1. The number of hydrogen-bond acceptors (Lipinski definition) is 6. The lowest BCUT2D eigenvalue weighted by Crippen LogP contribution is -2.19. The van der Waals surface area contributed by atoms with Gasteiger partial charge in [0.2, 0.25) is 5.95 Å². The molecule has 0 bridgehead atoms. The Morgan fingerprint density at radius 3 is 2.76 bits per heavy atom. The van der Waals surface area contributed by atoms with Gasteiger partial charge in [-0.25, -0.2) is 4.98 Å². The van der Waals surface area contributed by atoms with E-state index in [1.165, 1.54) is 11.1 Å². The molecule has 2 aromatic heterocycles. The number of benzene rings is 2. The first-order valence-electron chi connectivity index (χ1n) is 9.57. The lowest BCUT2D eigenvalue weighted by molar-refractivity contribution is 0.414. The van der Waals surface area contributed by atoms with Gasteiger partial charge in [-0.05, 0) is 55.3 Å². The fourth-order valence-corrected chi connectivity index (χ4v) is 3.67. The molecule has 0 amide bonds. The number of fused-ring (bicyclic) bond motifs is 2. The zero-order chi connectivity index (χ0) is 20.0. The molecule has 0 saturated heterocycles. The van der Waals surface area contributed by atoms with E-state index in [9.17, 15) is 0 Å². The average Bonchev–Trinajstić information content (AvgIpc) is 3.36. The van der Waals surface area contributed by atoms with Gasteiger partial charge >= 0.3 is 0 Å². The second-order valence-electron chi connectivity index (χ2n) is 7.37. The largest absolute Gasteiger partial charge is 0.497 e. The fourth-order valence-electron chi connectivity index (χ4n) is 3.67. The Bertz CT molecular complexity index is 1220. The van der Waals surface area contributed by atoms with Crippen molar-refractivity contribution in [1.82, 2.24) is 20.2 Å². The number of ether oxygens (including phenoxy) is 1. The van der Waals surface area contributed by atoms with E-state index in [0.717, 1.165) is 58.5 Å². The average molecular weight is 386 g/mol. The van der Waals surface area contributed by atoms with Gasteiger partial charge in [-0.1, -0.05) is 6.07 Å². The molecule has 0 atom stereocenters.